The van der Waals surface area contributed by atoms with Crippen LogP contribution < -0.4 is 5.32 Å². The van der Waals surface area contributed by atoms with Crippen LogP contribution in [0.5, 0.6) is 0 Å². The maximum absolute atomic E-state index is 12.3. The standard InChI is InChI=1S/C16H14Cl2N2O3/c1-9-7-11(3-6-15(9)20(22)23)16(21)19-10(2)13-5-4-12(17)8-14(13)18/h3-8,10H,1-2H3,(H,19,21)/t10-/m1/s1. The maximum atomic E-state index is 12.3. The van der Waals surface area contributed by atoms with Crippen molar-refractivity contribution in [1.82, 2.24) is 5.32 Å². The second-order valence-electron chi connectivity index (χ2n) is 5.12. The highest BCUT2D eigenvalue weighted by Gasteiger charge is 2.17. The van der Waals surface area contributed by atoms with Crippen LogP contribution in [0.25, 0.3) is 0 Å². The first-order valence-corrected chi connectivity index (χ1v) is 7.56. The van der Waals surface area contributed by atoms with Crippen LogP contribution >= 0.6 is 23.2 Å². The molecule has 0 aromatic heterocycles. The quantitative estimate of drug-likeness (QED) is 0.640. The molecule has 1 N–H and O–H groups in total. The Morgan fingerprint density at radius 3 is 2.48 bits per heavy atom. The zero-order valence-corrected chi connectivity index (χ0v) is 14.0. The zero-order chi connectivity index (χ0) is 17.1. The Morgan fingerprint density at radius 2 is 1.91 bits per heavy atom. The lowest BCUT2D eigenvalue weighted by atomic mass is 10.1. The number of nitro benzene ring substituents is 1. The minimum absolute atomic E-state index is 0.0182. The van der Waals surface area contributed by atoms with E-state index in [1.807, 2.05) is 0 Å². The van der Waals surface area contributed by atoms with Gasteiger partial charge < -0.3 is 5.32 Å². The van der Waals surface area contributed by atoms with Gasteiger partial charge in [-0.1, -0.05) is 29.3 Å². The van der Waals surface area contributed by atoms with E-state index < -0.39 is 4.92 Å². The monoisotopic (exact) mass is 352 g/mol. The molecule has 5 nitrogen and oxygen atoms in total. The second-order valence-corrected chi connectivity index (χ2v) is 5.96. The molecule has 0 saturated carbocycles. The van der Waals surface area contributed by atoms with Crippen LogP contribution in [0.2, 0.25) is 10.0 Å². The van der Waals surface area contributed by atoms with Crippen LogP contribution in [-0.2, 0) is 0 Å². The molecule has 1 atom stereocenters. The molecule has 0 radical (unpaired) electrons. The molecule has 7 heteroatoms. The highest BCUT2D eigenvalue weighted by Crippen LogP contribution is 2.26. The predicted molar refractivity (Wildman–Crippen MR) is 90.2 cm³/mol. The number of nitrogens with zero attached hydrogens (tertiary/aromatic N) is 1. The van der Waals surface area contributed by atoms with Crippen molar-refractivity contribution in [2.75, 3.05) is 0 Å². The van der Waals surface area contributed by atoms with E-state index in [2.05, 4.69) is 5.32 Å². The molecule has 2 aromatic rings. The van der Waals surface area contributed by atoms with Crippen molar-refractivity contribution >= 4 is 34.8 Å². The molecule has 0 unspecified atom stereocenters. The number of amides is 1. The third-order valence-electron chi connectivity index (χ3n) is 3.43. The molecular weight excluding hydrogens is 339 g/mol. The molecule has 1 amide bonds. The Kier molecular flexibility index (Phi) is 5.23. The van der Waals surface area contributed by atoms with Crippen molar-refractivity contribution in [3.05, 3.63) is 73.2 Å². The van der Waals surface area contributed by atoms with Gasteiger partial charge in [0.1, 0.15) is 0 Å². The van der Waals surface area contributed by atoms with Gasteiger partial charge in [0.05, 0.1) is 11.0 Å². The van der Waals surface area contributed by atoms with Gasteiger partial charge in [-0.15, -0.1) is 0 Å². The highest BCUT2D eigenvalue weighted by atomic mass is 35.5. The van der Waals surface area contributed by atoms with Crippen LogP contribution in [0.1, 0.15) is 34.5 Å². The predicted octanol–water partition coefficient (Wildman–Crippen LogP) is 4.70. The summed E-state index contributed by atoms with van der Waals surface area (Å²) in [5.41, 5.74) is 1.50. The van der Waals surface area contributed by atoms with E-state index in [1.54, 1.807) is 32.0 Å². The third kappa shape index (κ3) is 4.00. The number of carbonyl (C=O) groups is 1. The highest BCUT2D eigenvalue weighted by molar-refractivity contribution is 6.35. The molecule has 23 heavy (non-hydrogen) atoms. The average molecular weight is 353 g/mol. The summed E-state index contributed by atoms with van der Waals surface area (Å²) < 4.78 is 0. The van der Waals surface area contributed by atoms with Crippen molar-refractivity contribution in [3.8, 4) is 0 Å². The number of hydrogen-bond acceptors (Lipinski definition) is 3. The number of nitrogens with one attached hydrogen (secondary N) is 1. The SMILES string of the molecule is Cc1cc(C(=O)N[C@H](C)c2ccc(Cl)cc2Cl)ccc1[N+](=O)[O-]. The van der Waals surface area contributed by atoms with Gasteiger partial charge >= 0.3 is 0 Å². The van der Waals surface area contributed by atoms with E-state index in [-0.39, 0.29) is 17.6 Å². The van der Waals surface area contributed by atoms with E-state index in [0.717, 1.165) is 5.56 Å². The molecule has 2 aromatic carbocycles. The molecule has 0 spiro atoms. The zero-order valence-electron chi connectivity index (χ0n) is 12.5. The number of halogens is 2. The molecule has 2 rings (SSSR count). The van der Waals surface area contributed by atoms with Crippen molar-refractivity contribution in [2.45, 2.75) is 19.9 Å². The van der Waals surface area contributed by atoms with Crippen LogP contribution in [-0.4, -0.2) is 10.8 Å². The number of benzene rings is 2. The fourth-order valence-corrected chi connectivity index (χ4v) is 2.78. The molecular formula is C16H14Cl2N2O3. The Morgan fingerprint density at radius 1 is 1.22 bits per heavy atom. The summed E-state index contributed by atoms with van der Waals surface area (Å²) in [5, 5.41) is 14.6. The molecule has 0 aliphatic heterocycles. The third-order valence-corrected chi connectivity index (χ3v) is 3.99. The Balaban J connectivity index is 2.18. The number of aryl methyl sites for hydroxylation is 1. The summed E-state index contributed by atoms with van der Waals surface area (Å²) >= 11 is 12.0. The van der Waals surface area contributed by atoms with E-state index in [0.29, 0.717) is 21.2 Å². The van der Waals surface area contributed by atoms with Crippen LogP contribution in [0.3, 0.4) is 0 Å². The van der Waals surface area contributed by atoms with Gasteiger partial charge in [0.25, 0.3) is 11.6 Å². The minimum Gasteiger partial charge on any atom is -0.345 e. The lowest BCUT2D eigenvalue weighted by Gasteiger charge is -2.16. The molecule has 0 aliphatic carbocycles. The summed E-state index contributed by atoms with van der Waals surface area (Å²) in [6.45, 7) is 3.39. The average Bonchev–Trinajstić information content (AvgIpc) is 2.46. The first kappa shape index (κ1) is 17.2. The topological polar surface area (TPSA) is 72.2 Å². The summed E-state index contributed by atoms with van der Waals surface area (Å²) in [6, 6.07) is 8.96. The number of hydrogen-bond donors (Lipinski definition) is 1. The maximum Gasteiger partial charge on any atom is 0.272 e. The van der Waals surface area contributed by atoms with E-state index in [4.69, 9.17) is 23.2 Å². The smallest absolute Gasteiger partial charge is 0.272 e. The van der Waals surface area contributed by atoms with Gasteiger partial charge in [-0.3, -0.25) is 14.9 Å². The molecule has 0 aliphatic rings. The first-order chi connectivity index (χ1) is 10.8. The van der Waals surface area contributed by atoms with Gasteiger partial charge in [-0.25, -0.2) is 0 Å². The summed E-state index contributed by atoms with van der Waals surface area (Å²) in [6.07, 6.45) is 0. The van der Waals surface area contributed by atoms with E-state index in [1.165, 1.54) is 18.2 Å². The first-order valence-electron chi connectivity index (χ1n) is 6.80. The van der Waals surface area contributed by atoms with Gasteiger partial charge in [0.2, 0.25) is 0 Å². The van der Waals surface area contributed by atoms with E-state index in [9.17, 15) is 14.9 Å². The normalized spacial score (nSPS) is 11.8. The van der Waals surface area contributed by atoms with Crippen molar-refractivity contribution < 1.29 is 9.72 Å². The number of nitro groups is 1. The van der Waals surface area contributed by atoms with E-state index >= 15 is 0 Å². The Hall–Kier alpha value is -2.11. The number of carbonyl (C=O) groups excluding carboxylic acids is 1. The summed E-state index contributed by atoms with van der Waals surface area (Å²) in [4.78, 5) is 22.6. The van der Waals surface area contributed by atoms with Gasteiger partial charge in [0.15, 0.2) is 0 Å². The largest absolute Gasteiger partial charge is 0.345 e. The van der Waals surface area contributed by atoms with Crippen molar-refractivity contribution in [1.29, 1.82) is 0 Å². The molecule has 120 valence electrons. The molecule has 0 saturated heterocycles. The van der Waals surface area contributed by atoms with Crippen LogP contribution in [0, 0.1) is 17.0 Å². The second kappa shape index (κ2) is 6.98. The van der Waals surface area contributed by atoms with Crippen molar-refractivity contribution in [2.24, 2.45) is 0 Å². The molecule has 0 fully saturated rings. The van der Waals surface area contributed by atoms with Crippen LogP contribution in [0.4, 0.5) is 5.69 Å². The van der Waals surface area contributed by atoms with Gasteiger partial charge in [-0.2, -0.15) is 0 Å². The summed E-state index contributed by atoms with van der Waals surface area (Å²) in [5.74, 6) is -0.332. The lowest BCUT2D eigenvalue weighted by Crippen LogP contribution is -2.26. The number of rotatable bonds is 4. The fourth-order valence-electron chi connectivity index (χ4n) is 2.21. The van der Waals surface area contributed by atoms with Gasteiger partial charge in [0, 0.05) is 27.2 Å². The fraction of sp³-hybridized carbons (Fsp3) is 0.188. The molecule has 0 bridgehead atoms. The summed E-state index contributed by atoms with van der Waals surface area (Å²) in [7, 11) is 0. The van der Waals surface area contributed by atoms with Gasteiger partial charge in [-0.05, 0) is 43.7 Å². The van der Waals surface area contributed by atoms with Crippen molar-refractivity contribution in [3.63, 3.8) is 0 Å². The lowest BCUT2D eigenvalue weighted by molar-refractivity contribution is -0.385. The molecule has 0 heterocycles. The Bertz CT molecular complexity index is 778. The van der Waals surface area contributed by atoms with Crippen LogP contribution in [0.15, 0.2) is 36.4 Å². The minimum atomic E-state index is -0.479. The Labute approximate surface area is 143 Å².